The van der Waals surface area contributed by atoms with Crippen LogP contribution in [0.3, 0.4) is 0 Å². The van der Waals surface area contributed by atoms with E-state index in [0.29, 0.717) is 70.2 Å². The molecule has 1 amide bonds. The molecule has 0 aromatic heterocycles. The lowest BCUT2D eigenvalue weighted by Crippen LogP contribution is -2.45. The monoisotopic (exact) mass is 444 g/mol. The van der Waals surface area contributed by atoms with E-state index >= 15 is 0 Å². The molecule has 1 atom stereocenters. The Labute approximate surface area is 186 Å². The molecular formula is C22H28N4O6. The summed E-state index contributed by atoms with van der Waals surface area (Å²) >= 11 is 0. The highest BCUT2D eigenvalue weighted by atomic mass is 16.6. The van der Waals surface area contributed by atoms with Crippen molar-refractivity contribution in [3.8, 4) is 0 Å². The Hall–Kier alpha value is -2.98. The van der Waals surface area contributed by atoms with Crippen LogP contribution in [0, 0.1) is 5.41 Å². The molecule has 10 heteroatoms. The minimum absolute atomic E-state index is 0.105. The van der Waals surface area contributed by atoms with Gasteiger partial charge in [-0.1, -0.05) is 29.4 Å². The quantitative estimate of drug-likeness (QED) is 0.494. The molecule has 2 N–H and O–H groups in total. The molecule has 3 aliphatic heterocycles. The molecule has 1 aromatic rings. The zero-order valence-electron chi connectivity index (χ0n) is 17.9. The lowest BCUT2D eigenvalue weighted by Gasteiger charge is -2.32. The van der Waals surface area contributed by atoms with Crippen LogP contribution in [0.2, 0.25) is 0 Å². The number of morpholine rings is 1. The van der Waals surface area contributed by atoms with Gasteiger partial charge in [0.15, 0.2) is 0 Å². The van der Waals surface area contributed by atoms with Crippen molar-refractivity contribution in [2.45, 2.75) is 31.5 Å². The number of benzene rings is 1. The van der Waals surface area contributed by atoms with Gasteiger partial charge in [-0.25, -0.2) is 4.79 Å². The van der Waals surface area contributed by atoms with Crippen LogP contribution in [0.4, 0.5) is 0 Å². The molecule has 4 rings (SSSR count). The van der Waals surface area contributed by atoms with E-state index in [1.165, 1.54) is 0 Å². The van der Waals surface area contributed by atoms with E-state index in [1.807, 2.05) is 29.2 Å². The second kappa shape index (κ2) is 10.1. The average Bonchev–Trinajstić information content (AvgIpc) is 3.33. The number of carbonyl (C=O) groups is 2. The summed E-state index contributed by atoms with van der Waals surface area (Å²) in [6.45, 7) is 3.41. The average molecular weight is 444 g/mol. The molecule has 0 bridgehead atoms. The third kappa shape index (κ3) is 5.25. The first-order chi connectivity index (χ1) is 15.5. The Kier molecular flexibility index (Phi) is 7.01. The zero-order chi connectivity index (χ0) is 22.5. The molecule has 2 fully saturated rings. The van der Waals surface area contributed by atoms with Gasteiger partial charge in [0.05, 0.1) is 25.0 Å². The SMILES string of the molecule is N=C(c1ccc(C2=NOC(C(=O)N3CCC(OCC(=O)O)CC3)C2)cc1)N1CCOCC1. The van der Waals surface area contributed by atoms with Crippen molar-refractivity contribution in [3.63, 3.8) is 0 Å². The predicted octanol–water partition coefficient (Wildman–Crippen LogP) is 0.929. The molecule has 2 saturated heterocycles. The molecule has 0 saturated carbocycles. The first-order valence-electron chi connectivity index (χ1n) is 10.9. The minimum atomic E-state index is -0.987. The number of carbonyl (C=O) groups excluding carboxylic acids is 1. The molecule has 0 aliphatic carbocycles. The van der Waals surface area contributed by atoms with Crippen molar-refractivity contribution in [3.05, 3.63) is 35.4 Å². The Morgan fingerprint density at radius 2 is 1.78 bits per heavy atom. The topological polar surface area (TPSA) is 125 Å². The maximum Gasteiger partial charge on any atom is 0.329 e. The molecule has 0 spiro atoms. The van der Waals surface area contributed by atoms with Gasteiger partial charge in [-0.15, -0.1) is 0 Å². The van der Waals surface area contributed by atoms with E-state index in [-0.39, 0.29) is 18.6 Å². The highest BCUT2D eigenvalue weighted by Gasteiger charge is 2.34. The minimum Gasteiger partial charge on any atom is -0.480 e. The Balaban J connectivity index is 1.27. The molecule has 172 valence electrons. The zero-order valence-corrected chi connectivity index (χ0v) is 17.9. The van der Waals surface area contributed by atoms with Crippen molar-refractivity contribution in [1.82, 2.24) is 9.80 Å². The van der Waals surface area contributed by atoms with Gasteiger partial charge in [-0.2, -0.15) is 0 Å². The fourth-order valence-corrected chi connectivity index (χ4v) is 4.11. The van der Waals surface area contributed by atoms with Crippen LogP contribution < -0.4 is 0 Å². The summed E-state index contributed by atoms with van der Waals surface area (Å²) in [7, 11) is 0. The van der Waals surface area contributed by atoms with Crippen LogP contribution in [-0.2, 0) is 23.9 Å². The standard InChI is InChI=1S/C22H28N4O6/c23-21(25-9-11-30-12-10-25)16-3-1-15(2-4-16)18-13-19(32-24-18)22(29)26-7-5-17(6-8-26)31-14-20(27)28/h1-4,17,19,23H,5-14H2,(H,27,28). The van der Waals surface area contributed by atoms with Crippen LogP contribution in [0.15, 0.2) is 29.4 Å². The number of hydrogen-bond acceptors (Lipinski definition) is 7. The maximum atomic E-state index is 12.8. The first kappa shape index (κ1) is 22.2. The predicted molar refractivity (Wildman–Crippen MR) is 115 cm³/mol. The van der Waals surface area contributed by atoms with Crippen LogP contribution in [0.25, 0.3) is 0 Å². The number of ether oxygens (including phenoxy) is 2. The van der Waals surface area contributed by atoms with Gasteiger partial charge in [0, 0.05) is 38.2 Å². The van der Waals surface area contributed by atoms with Crippen LogP contribution in [0.1, 0.15) is 30.4 Å². The molecular weight excluding hydrogens is 416 g/mol. The van der Waals surface area contributed by atoms with Gasteiger partial charge in [0.25, 0.3) is 5.91 Å². The number of amides is 1. The largest absolute Gasteiger partial charge is 0.480 e. The molecule has 0 radical (unpaired) electrons. The molecule has 32 heavy (non-hydrogen) atoms. The van der Waals surface area contributed by atoms with E-state index in [1.54, 1.807) is 4.90 Å². The number of likely N-dealkylation sites (tertiary alicyclic amines) is 1. The highest BCUT2D eigenvalue weighted by Crippen LogP contribution is 2.22. The fraction of sp³-hybridized carbons (Fsp3) is 0.545. The second-order valence-electron chi connectivity index (χ2n) is 8.09. The van der Waals surface area contributed by atoms with Gasteiger partial charge in [-0.05, 0) is 18.4 Å². The number of nitrogens with zero attached hydrogens (tertiary/aromatic N) is 3. The van der Waals surface area contributed by atoms with E-state index < -0.39 is 12.1 Å². The van der Waals surface area contributed by atoms with Crippen LogP contribution in [0.5, 0.6) is 0 Å². The summed E-state index contributed by atoms with van der Waals surface area (Å²) < 4.78 is 10.7. The maximum absolute atomic E-state index is 12.8. The molecule has 3 heterocycles. The summed E-state index contributed by atoms with van der Waals surface area (Å²) in [6.07, 6.45) is 0.828. The summed E-state index contributed by atoms with van der Waals surface area (Å²) in [5, 5.41) is 21.2. The Morgan fingerprint density at radius 1 is 1.09 bits per heavy atom. The van der Waals surface area contributed by atoms with Gasteiger partial charge in [0.1, 0.15) is 12.4 Å². The Morgan fingerprint density at radius 3 is 2.44 bits per heavy atom. The van der Waals surface area contributed by atoms with Gasteiger partial charge >= 0.3 is 5.97 Å². The summed E-state index contributed by atoms with van der Waals surface area (Å²) in [4.78, 5) is 32.6. The van der Waals surface area contributed by atoms with Crippen molar-refractivity contribution < 1.29 is 29.0 Å². The summed E-state index contributed by atoms with van der Waals surface area (Å²) in [5.41, 5.74) is 2.42. The van der Waals surface area contributed by atoms with Gasteiger partial charge < -0.3 is 29.2 Å². The first-order valence-corrected chi connectivity index (χ1v) is 10.9. The third-order valence-electron chi connectivity index (χ3n) is 5.96. The number of piperidine rings is 1. The number of aliphatic carboxylic acids is 1. The number of hydrogen-bond donors (Lipinski definition) is 2. The molecule has 10 nitrogen and oxygen atoms in total. The van der Waals surface area contributed by atoms with Crippen molar-refractivity contribution in [2.24, 2.45) is 5.16 Å². The van der Waals surface area contributed by atoms with Crippen molar-refractivity contribution >= 4 is 23.4 Å². The van der Waals surface area contributed by atoms with Gasteiger partial charge in [-0.3, -0.25) is 10.2 Å². The summed E-state index contributed by atoms with van der Waals surface area (Å²) in [5.74, 6) is -0.613. The fourth-order valence-electron chi connectivity index (χ4n) is 4.11. The second-order valence-corrected chi connectivity index (χ2v) is 8.09. The lowest BCUT2D eigenvalue weighted by molar-refractivity contribution is -0.149. The van der Waals surface area contributed by atoms with E-state index in [9.17, 15) is 9.59 Å². The van der Waals surface area contributed by atoms with Gasteiger partial charge in [0.2, 0.25) is 6.10 Å². The van der Waals surface area contributed by atoms with Crippen molar-refractivity contribution in [1.29, 1.82) is 5.41 Å². The number of carboxylic acid groups (broad SMARTS) is 1. The molecule has 1 aromatic carbocycles. The molecule has 3 aliphatic rings. The number of carboxylic acids is 1. The lowest BCUT2D eigenvalue weighted by atomic mass is 10.0. The normalized spacial score (nSPS) is 21.8. The van der Waals surface area contributed by atoms with Crippen molar-refractivity contribution in [2.75, 3.05) is 46.0 Å². The van der Waals surface area contributed by atoms with E-state index in [4.69, 9.17) is 24.8 Å². The van der Waals surface area contributed by atoms with E-state index in [0.717, 1.165) is 11.1 Å². The summed E-state index contributed by atoms with van der Waals surface area (Å²) in [6, 6.07) is 7.61. The molecule has 1 unspecified atom stereocenters. The number of oxime groups is 1. The Bertz CT molecular complexity index is 873. The number of nitrogens with one attached hydrogen (secondary N) is 1. The number of rotatable bonds is 6. The van der Waals surface area contributed by atoms with Crippen LogP contribution in [-0.4, -0.2) is 96.5 Å². The number of amidine groups is 1. The highest BCUT2D eigenvalue weighted by molar-refractivity contribution is 6.05. The van der Waals surface area contributed by atoms with E-state index in [2.05, 4.69) is 5.16 Å². The van der Waals surface area contributed by atoms with Crippen LogP contribution >= 0.6 is 0 Å². The smallest absolute Gasteiger partial charge is 0.329 e. The third-order valence-corrected chi connectivity index (χ3v) is 5.96.